The lowest BCUT2D eigenvalue weighted by Gasteiger charge is -2.42. The van der Waals surface area contributed by atoms with Gasteiger partial charge in [0.25, 0.3) is 11.7 Å². The van der Waals surface area contributed by atoms with E-state index in [9.17, 15) is 39.0 Å². The Hall–Kier alpha value is -4.10. The molecule has 0 spiro atoms. The van der Waals surface area contributed by atoms with E-state index in [4.69, 9.17) is 33.6 Å². The quantitative estimate of drug-likeness (QED) is 0.0720. The number of rotatable bonds is 7. The number of carbonyl (C=O) groups excluding carboxylic acids is 6. The Bertz CT molecular complexity index is 1900. The molecule has 1 aliphatic carbocycles. The van der Waals surface area contributed by atoms with Gasteiger partial charge in [-0.05, 0) is 107 Å². The van der Waals surface area contributed by atoms with E-state index in [0.717, 1.165) is 10.5 Å². The van der Waals surface area contributed by atoms with Gasteiger partial charge in [-0.15, -0.1) is 0 Å². The molecule has 2 amide bonds. The number of fused-ring (bicyclic) bond motifs is 3. The SMILES string of the molecule is CO[C@H]1C[C@@H]2CC[C@@H](C)[C@@](O)(O2)C(=O)C(=O)N2CCCC[C@H]2C(=O)O[C@H]([C@H](C)CC2CC[C@H](OC(=O)NO)[C@@H](OC)C2)CC(=O)[C@H](C)/C=C(\C)[C@@H](O)[C@@H](OC)C(=O)[C@H](C)C[C@H](C)/C=C/C=C/C=C/1C. The van der Waals surface area contributed by atoms with Gasteiger partial charge < -0.3 is 43.5 Å². The number of esters is 1. The van der Waals surface area contributed by atoms with Gasteiger partial charge in [0.05, 0.1) is 18.3 Å². The number of piperidine rings is 1. The number of allylic oxidation sites excluding steroid dienone is 6. The fraction of sp³-hybridized carbons (Fsp3) is 0.731. The maximum atomic E-state index is 14.5. The number of nitrogens with zero attached hydrogens (tertiary/aromatic N) is 1. The summed E-state index contributed by atoms with van der Waals surface area (Å²) in [5.41, 5.74) is 2.70. The number of Topliss-reactive ketones (excluding diaryl/α,β-unsaturated/α-hetero) is 3. The zero-order valence-corrected chi connectivity index (χ0v) is 42.4. The van der Waals surface area contributed by atoms with Crippen LogP contribution in [0.1, 0.15) is 126 Å². The van der Waals surface area contributed by atoms with Gasteiger partial charge in [-0.1, -0.05) is 71.1 Å². The van der Waals surface area contributed by atoms with Crippen molar-refractivity contribution in [3.8, 4) is 0 Å². The third-order valence-electron chi connectivity index (χ3n) is 14.8. The average Bonchev–Trinajstić information content (AvgIpc) is 3.33. The summed E-state index contributed by atoms with van der Waals surface area (Å²) in [6, 6.07) is -1.19. The third kappa shape index (κ3) is 15.4. The summed E-state index contributed by atoms with van der Waals surface area (Å²) >= 11 is 0. The van der Waals surface area contributed by atoms with Crippen LogP contribution >= 0.6 is 0 Å². The van der Waals surface area contributed by atoms with E-state index >= 15 is 0 Å². The highest BCUT2D eigenvalue weighted by Gasteiger charge is 2.53. The molecule has 3 aliphatic heterocycles. The fourth-order valence-electron chi connectivity index (χ4n) is 10.4. The van der Waals surface area contributed by atoms with Crippen LogP contribution in [0.2, 0.25) is 0 Å². The van der Waals surface area contributed by atoms with E-state index in [1.165, 1.54) is 19.7 Å². The minimum absolute atomic E-state index is 0.000266. The van der Waals surface area contributed by atoms with Crippen LogP contribution in [0.4, 0.5) is 4.79 Å². The molecule has 0 aromatic rings. The van der Waals surface area contributed by atoms with Gasteiger partial charge in [0.15, 0.2) is 5.78 Å². The maximum Gasteiger partial charge on any atom is 0.431 e. The van der Waals surface area contributed by atoms with E-state index in [1.807, 2.05) is 51.2 Å². The van der Waals surface area contributed by atoms with Gasteiger partial charge in [0.2, 0.25) is 5.79 Å². The van der Waals surface area contributed by atoms with Gasteiger partial charge >= 0.3 is 12.1 Å². The molecule has 4 N–H and O–H groups in total. The van der Waals surface area contributed by atoms with Crippen LogP contribution in [-0.2, 0) is 52.4 Å². The summed E-state index contributed by atoms with van der Waals surface area (Å²) in [5.74, 6) is -8.47. The maximum absolute atomic E-state index is 14.5. The molecule has 17 nitrogen and oxygen atoms in total. The van der Waals surface area contributed by atoms with Crippen LogP contribution in [0, 0.1) is 35.5 Å². The lowest BCUT2D eigenvalue weighted by molar-refractivity contribution is -0.265. The number of aliphatic hydroxyl groups excluding tert-OH is 1. The number of carbonyl (C=O) groups is 6. The number of ether oxygens (including phenoxy) is 6. The van der Waals surface area contributed by atoms with Gasteiger partial charge in [0, 0.05) is 58.5 Å². The minimum Gasteiger partial charge on any atom is -0.460 e. The molecule has 1 saturated carbocycles. The van der Waals surface area contributed by atoms with Gasteiger partial charge in [-0.3, -0.25) is 24.4 Å². The molecule has 4 rings (SSSR count). The third-order valence-corrected chi connectivity index (χ3v) is 14.8. The Morgan fingerprint density at radius 2 is 1.61 bits per heavy atom. The van der Waals surface area contributed by atoms with E-state index in [-0.39, 0.29) is 42.8 Å². The molecule has 3 heterocycles. The normalized spacial score (nSPS) is 38.6. The van der Waals surface area contributed by atoms with Crippen LogP contribution in [0.25, 0.3) is 0 Å². The van der Waals surface area contributed by atoms with Crippen LogP contribution in [0.3, 0.4) is 0 Å². The highest BCUT2D eigenvalue weighted by molar-refractivity contribution is 6.39. The molecular weight excluding hydrogens is 893 g/mol. The summed E-state index contributed by atoms with van der Waals surface area (Å²) in [6.45, 7) is 12.6. The first-order valence-corrected chi connectivity index (χ1v) is 24.8. The fourth-order valence-corrected chi connectivity index (χ4v) is 10.4. The van der Waals surface area contributed by atoms with Crippen molar-refractivity contribution in [1.29, 1.82) is 0 Å². The summed E-state index contributed by atoms with van der Waals surface area (Å²) < 4.78 is 34.8. The van der Waals surface area contributed by atoms with Crippen LogP contribution in [0.15, 0.2) is 47.6 Å². The number of aliphatic hydroxyl groups is 2. The highest BCUT2D eigenvalue weighted by atomic mass is 16.6. The Labute approximate surface area is 408 Å². The number of hydrogen-bond acceptors (Lipinski definition) is 15. The predicted octanol–water partition coefficient (Wildman–Crippen LogP) is 6.30. The lowest BCUT2D eigenvalue weighted by Crippen LogP contribution is -2.61. The molecule has 0 aromatic heterocycles. The number of hydrogen-bond donors (Lipinski definition) is 4. The second kappa shape index (κ2) is 26.9. The topological polar surface area (TPSA) is 234 Å². The lowest BCUT2D eigenvalue weighted by atomic mass is 9.78. The van der Waals surface area contributed by atoms with Crippen molar-refractivity contribution in [3.05, 3.63) is 47.6 Å². The molecule has 3 fully saturated rings. The Morgan fingerprint density at radius 3 is 2.28 bits per heavy atom. The molecule has 388 valence electrons. The molecule has 17 heteroatoms. The van der Waals surface area contributed by atoms with E-state index in [0.29, 0.717) is 69.8 Å². The zero-order chi connectivity index (χ0) is 51.2. The molecule has 69 heavy (non-hydrogen) atoms. The number of ketones is 3. The molecule has 0 aromatic carbocycles. The minimum atomic E-state index is -2.46. The smallest absolute Gasteiger partial charge is 0.431 e. The Balaban J connectivity index is 1.70. The monoisotopic (exact) mass is 973 g/mol. The summed E-state index contributed by atoms with van der Waals surface area (Å²) in [5, 5.41) is 32.4. The van der Waals surface area contributed by atoms with E-state index in [2.05, 4.69) is 0 Å². The number of methoxy groups -OCH3 is 3. The first-order valence-electron chi connectivity index (χ1n) is 24.8. The van der Waals surface area contributed by atoms with Crippen molar-refractivity contribution in [1.82, 2.24) is 10.4 Å². The summed E-state index contributed by atoms with van der Waals surface area (Å²) in [4.78, 5) is 83.9. The van der Waals surface area contributed by atoms with Crippen molar-refractivity contribution in [2.45, 2.75) is 180 Å². The molecular formula is C52H80N2O15. The Kier molecular flexibility index (Phi) is 22.4. The van der Waals surface area contributed by atoms with Crippen LogP contribution in [0.5, 0.6) is 0 Å². The molecule has 4 aliphatic rings. The standard InChI is InChI=1S/C52H80N2O15/c1-30-16-12-11-13-17-31(2)42(64-8)28-38-21-19-36(7)52(62,69-38)48(58)49(59)54-23-15-14-18-39(54)50(60)67-43(33(4)26-37-20-22-41(44(27-37)65-9)68-51(61)53-63)29-40(55)32(3)25-35(6)46(57)47(66-10)45(56)34(5)24-30/h11-13,16-17,25,30,32-34,36-39,41-44,46-47,57,62-63H,14-15,18-24,26-29H2,1-10H3,(H,53,61)/b13-11+,16-12+,31-17+,35-25+/t30-,32-,33-,34-,36-,37?,38+,39+,41+,42+,43+,44+,46-,47+,52-/m1/s1. The molecule has 1 unspecified atom stereocenters. The van der Waals surface area contributed by atoms with Gasteiger partial charge in [-0.25, -0.2) is 15.1 Å². The van der Waals surface area contributed by atoms with Crippen LogP contribution < -0.4 is 5.48 Å². The second-order valence-electron chi connectivity index (χ2n) is 20.1. The molecule has 15 atom stereocenters. The average molecular weight is 973 g/mol. The Morgan fingerprint density at radius 1 is 0.884 bits per heavy atom. The molecule has 0 radical (unpaired) electrons. The first-order chi connectivity index (χ1) is 32.7. The largest absolute Gasteiger partial charge is 0.460 e. The first kappa shape index (κ1) is 57.5. The van der Waals surface area contributed by atoms with Crippen molar-refractivity contribution >= 4 is 35.3 Å². The second-order valence-corrected chi connectivity index (χ2v) is 20.1. The van der Waals surface area contributed by atoms with Gasteiger partial charge in [-0.2, -0.15) is 0 Å². The number of amides is 2. The van der Waals surface area contributed by atoms with Crippen molar-refractivity contribution in [2.75, 3.05) is 27.9 Å². The molecule has 2 saturated heterocycles. The van der Waals surface area contributed by atoms with Crippen molar-refractivity contribution in [2.24, 2.45) is 35.5 Å². The van der Waals surface area contributed by atoms with E-state index < -0.39 is 102 Å². The summed E-state index contributed by atoms with van der Waals surface area (Å²) in [6.07, 6.45) is 9.08. The van der Waals surface area contributed by atoms with Crippen molar-refractivity contribution in [3.63, 3.8) is 0 Å². The highest BCUT2D eigenvalue weighted by Crippen LogP contribution is 2.38. The zero-order valence-electron chi connectivity index (χ0n) is 42.4. The molecule has 2 bridgehead atoms. The van der Waals surface area contributed by atoms with Crippen LogP contribution in [-0.4, -0.2) is 138 Å². The summed E-state index contributed by atoms with van der Waals surface area (Å²) in [7, 11) is 4.43. The van der Waals surface area contributed by atoms with Crippen molar-refractivity contribution < 1.29 is 72.6 Å². The number of nitrogens with one attached hydrogen (secondary N) is 1. The number of hydroxylamine groups is 1. The predicted molar refractivity (Wildman–Crippen MR) is 254 cm³/mol. The van der Waals surface area contributed by atoms with Gasteiger partial charge in [0.1, 0.15) is 36.2 Å². The number of cyclic esters (lactones) is 1. The van der Waals surface area contributed by atoms with E-state index in [1.54, 1.807) is 40.9 Å².